The molecule has 2 fully saturated rings. The van der Waals surface area contributed by atoms with Gasteiger partial charge in [0.05, 0.1) is 0 Å². The lowest BCUT2D eigenvalue weighted by molar-refractivity contribution is 0.0930. The molecule has 0 bridgehead atoms. The fourth-order valence-corrected chi connectivity index (χ4v) is 3.56. The highest BCUT2D eigenvalue weighted by Crippen LogP contribution is 2.18. The van der Waals surface area contributed by atoms with E-state index in [1.165, 1.54) is 5.69 Å². The van der Waals surface area contributed by atoms with Crippen LogP contribution in [0.15, 0.2) is 24.3 Å². The monoisotopic (exact) mass is 330 g/mol. The van der Waals surface area contributed by atoms with Crippen molar-refractivity contribution < 1.29 is 4.79 Å². The first-order valence-corrected chi connectivity index (χ1v) is 9.24. The average Bonchev–Trinajstić information content (AvgIpc) is 2.63. The Morgan fingerprint density at radius 1 is 1.17 bits per heavy atom. The molecule has 2 N–H and O–H groups in total. The maximum absolute atomic E-state index is 12.4. The van der Waals surface area contributed by atoms with E-state index < -0.39 is 0 Å². The number of hydrogen-bond acceptors (Lipinski definition) is 4. The van der Waals surface area contributed by atoms with Crippen LogP contribution in [-0.2, 0) is 0 Å². The molecule has 0 aromatic heterocycles. The van der Waals surface area contributed by atoms with Crippen molar-refractivity contribution in [2.45, 2.75) is 38.8 Å². The molecule has 2 heterocycles. The van der Waals surface area contributed by atoms with E-state index in [-0.39, 0.29) is 11.9 Å². The Morgan fingerprint density at radius 3 is 2.46 bits per heavy atom. The van der Waals surface area contributed by atoms with Gasteiger partial charge in [-0.15, -0.1) is 0 Å². The second-order valence-corrected chi connectivity index (χ2v) is 7.18. The van der Waals surface area contributed by atoms with Gasteiger partial charge in [-0.25, -0.2) is 0 Å². The summed E-state index contributed by atoms with van der Waals surface area (Å²) in [4.78, 5) is 17.3. The van der Waals surface area contributed by atoms with Crippen molar-refractivity contribution in [3.63, 3.8) is 0 Å². The summed E-state index contributed by atoms with van der Waals surface area (Å²) < 4.78 is 0. The Bertz CT molecular complexity index is 529. The van der Waals surface area contributed by atoms with Crippen molar-refractivity contribution in [3.05, 3.63) is 29.8 Å². The predicted octanol–water partition coefficient (Wildman–Crippen LogP) is 1.70. The van der Waals surface area contributed by atoms with E-state index in [1.807, 2.05) is 12.1 Å². The molecule has 1 amide bonds. The van der Waals surface area contributed by atoms with Crippen LogP contribution in [0.3, 0.4) is 0 Å². The van der Waals surface area contributed by atoms with Crippen molar-refractivity contribution in [1.29, 1.82) is 0 Å². The number of anilines is 1. The molecular weight excluding hydrogens is 300 g/mol. The SMILES string of the molecule is CC(C)N1CCN(c2ccc(C(=O)N[C@H]3CCCNC3)cc2)CC1. The molecular formula is C19H30N4O. The molecule has 0 radical (unpaired) electrons. The molecule has 1 atom stereocenters. The molecule has 5 nitrogen and oxygen atoms in total. The van der Waals surface area contributed by atoms with E-state index in [1.54, 1.807) is 0 Å². The summed E-state index contributed by atoms with van der Waals surface area (Å²) in [7, 11) is 0. The molecule has 132 valence electrons. The van der Waals surface area contributed by atoms with Gasteiger partial charge >= 0.3 is 0 Å². The maximum Gasteiger partial charge on any atom is 0.251 e. The van der Waals surface area contributed by atoms with Gasteiger partial charge in [-0.2, -0.15) is 0 Å². The lowest BCUT2D eigenvalue weighted by atomic mass is 10.1. The molecule has 3 rings (SSSR count). The number of nitrogens with zero attached hydrogens (tertiary/aromatic N) is 2. The smallest absolute Gasteiger partial charge is 0.251 e. The van der Waals surface area contributed by atoms with Gasteiger partial charge in [0, 0.05) is 56.1 Å². The van der Waals surface area contributed by atoms with Crippen LogP contribution < -0.4 is 15.5 Å². The van der Waals surface area contributed by atoms with Crippen LogP contribution in [0.2, 0.25) is 0 Å². The zero-order valence-corrected chi connectivity index (χ0v) is 14.9. The van der Waals surface area contributed by atoms with Gasteiger partial charge in [-0.3, -0.25) is 9.69 Å². The largest absolute Gasteiger partial charge is 0.369 e. The van der Waals surface area contributed by atoms with Crippen molar-refractivity contribution in [3.8, 4) is 0 Å². The highest BCUT2D eigenvalue weighted by atomic mass is 16.1. The Balaban J connectivity index is 1.54. The van der Waals surface area contributed by atoms with Crippen LogP contribution in [0.5, 0.6) is 0 Å². The van der Waals surface area contributed by atoms with Crippen LogP contribution in [0, 0.1) is 0 Å². The third-order valence-electron chi connectivity index (χ3n) is 5.17. The Labute approximate surface area is 145 Å². The molecule has 0 aliphatic carbocycles. The zero-order valence-electron chi connectivity index (χ0n) is 14.9. The normalized spacial score (nSPS) is 22.6. The number of hydrogen-bond donors (Lipinski definition) is 2. The van der Waals surface area contributed by atoms with Crippen molar-refractivity contribution in [2.24, 2.45) is 0 Å². The highest BCUT2D eigenvalue weighted by molar-refractivity contribution is 5.94. The van der Waals surface area contributed by atoms with Gasteiger partial charge in [-0.1, -0.05) is 0 Å². The lowest BCUT2D eigenvalue weighted by Gasteiger charge is -2.38. The number of piperazine rings is 1. The third kappa shape index (κ3) is 4.28. The van der Waals surface area contributed by atoms with E-state index in [9.17, 15) is 4.79 Å². The summed E-state index contributed by atoms with van der Waals surface area (Å²) in [6.07, 6.45) is 2.20. The average molecular weight is 330 g/mol. The summed E-state index contributed by atoms with van der Waals surface area (Å²) in [5.41, 5.74) is 1.97. The quantitative estimate of drug-likeness (QED) is 0.882. The number of nitrogens with one attached hydrogen (secondary N) is 2. The minimum atomic E-state index is 0.0416. The second kappa shape index (κ2) is 7.99. The number of piperidine rings is 1. The maximum atomic E-state index is 12.4. The minimum absolute atomic E-state index is 0.0416. The van der Waals surface area contributed by atoms with Crippen LogP contribution >= 0.6 is 0 Å². The molecule has 5 heteroatoms. The first kappa shape index (κ1) is 17.2. The molecule has 2 aliphatic heterocycles. The van der Waals surface area contributed by atoms with E-state index >= 15 is 0 Å². The molecule has 2 aliphatic rings. The lowest BCUT2D eigenvalue weighted by Crippen LogP contribution is -2.48. The number of benzene rings is 1. The molecule has 1 aromatic carbocycles. The number of amides is 1. The number of rotatable bonds is 4. The van der Waals surface area contributed by atoms with Gasteiger partial charge in [0.25, 0.3) is 5.91 Å². The van der Waals surface area contributed by atoms with Crippen LogP contribution in [0.1, 0.15) is 37.0 Å². The van der Waals surface area contributed by atoms with Gasteiger partial charge in [0.1, 0.15) is 0 Å². The van der Waals surface area contributed by atoms with Crippen LogP contribution in [0.25, 0.3) is 0 Å². The van der Waals surface area contributed by atoms with E-state index in [0.29, 0.717) is 6.04 Å². The first-order valence-electron chi connectivity index (χ1n) is 9.24. The summed E-state index contributed by atoms with van der Waals surface area (Å²) in [5, 5.41) is 6.46. The number of carbonyl (C=O) groups is 1. The standard InChI is InChI=1S/C19H30N4O/c1-15(2)22-10-12-23(13-11-22)18-7-5-16(6-8-18)19(24)21-17-4-3-9-20-14-17/h5-8,15,17,20H,3-4,9-14H2,1-2H3,(H,21,24)/t17-/m0/s1. The number of carbonyl (C=O) groups excluding carboxylic acids is 1. The highest BCUT2D eigenvalue weighted by Gasteiger charge is 2.20. The Kier molecular flexibility index (Phi) is 5.74. The fraction of sp³-hybridized carbons (Fsp3) is 0.632. The van der Waals surface area contributed by atoms with Crippen molar-refractivity contribution in [2.75, 3.05) is 44.2 Å². The first-order chi connectivity index (χ1) is 11.6. The van der Waals surface area contributed by atoms with Gasteiger partial charge in [-0.05, 0) is 57.5 Å². The fourth-order valence-electron chi connectivity index (χ4n) is 3.56. The minimum Gasteiger partial charge on any atom is -0.369 e. The van der Waals surface area contributed by atoms with Crippen molar-refractivity contribution in [1.82, 2.24) is 15.5 Å². The molecule has 2 saturated heterocycles. The van der Waals surface area contributed by atoms with Crippen molar-refractivity contribution >= 4 is 11.6 Å². The predicted molar refractivity (Wildman–Crippen MR) is 98.7 cm³/mol. The molecule has 0 spiro atoms. The second-order valence-electron chi connectivity index (χ2n) is 7.18. The zero-order chi connectivity index (χ0) is 16.9. The van der Waals surface area contributed by atoms with E-state index in [4.69, 9.17) is 0 Å². The molecule has 0 unspecified atom stereocenters. The van der Waals surface area contributed by atoms with Gasteiger partial charge in [0.2, 0.25) is 0 Å². The Morgan fingerprint density at radius 2 is 1.88 bits per heavy atom. The summed E-state index contributed by atoms with van der Waals surface area (Å²) in [6.45, 7) is 10.8. The Hall–Kier alpha value is -1.59. The topological polar surface area (TPSA) is 47.6 Å². The van der Waals surface area contributed by atoms with Crippen LogP contribution in [-0.4, -0.2) is 62.2 Å². The molecule has 1 aromatic rings. The van der Waals surface area contributed by atoms with Crippen LogP contribution in [0.4, 0.5) is 5.69 Å². The van der Waals surface area contributed by atoms with E-state index in [0.717, 1.165) is 57.7 Å². The summed E-state index contributed by atoms with van der Waals surface area (Å²) >= 11 is 0. The molecule has 24 heavy (non-hydrogen) atoms. The van der Waals surface area contributed by atoms with E-state index in [2.05, 4.69) is 46.4 Å². The van der Waals surface area contributed by atoms with Gasteiger partial charge in [0.15, 0.2) is 0 Å². The summed E-state index contributed by atoms with van der Waals surface area (Å²) in [6, 6.07) is 8.95. The summed E-state index contributed by atoms with van der Waals surface area (Å²) in [5.74, 6) is 0.0416. The van der Waals surface area contributed by atoms with Gasteiger partial charge < -0.3 is 15.5 Å². The third-order valence-corrected chi connectivity index (χ3v) is 5.17. The molecule has 0 saturated carbocycles.